The summed E-state index contributed by atoms with van der Waals surface area (Å²) in [5, 5.41) is 0. The number of aromatic nitrogens is 1. The van der Waals surface area contributed by atoms with Crippen molar-refractivity contribution < 1.29 is 0 Å². The number of hydrogen-bond acceptors (Lipinski definition) is 4. The van der Waals surface area contributed by atoms with Crippen LogP contribution in [0, 0.1) is 0 Å². The number of anilines is 3. The molecule has 4 heteroatoms. The van der Waals surface area contributed by atoms with Gasteiger partial charge in [0.15, 0.2) is 0 Å². The Labute approximate surface area is 66.4 Å². The lowest BCUT2D eigenvalue weighted by molar-refractivity contribution is 1.35. The molecule has 0 spiro atoms. The van der Waals surface area contributed by atoms with E-state index < -0.39 is 0 Å². The molecular weight excluding hydrogens is 140 g/mol. The second-order valence-corrected chi connectivity index (χ2v) is 1.71. The summed E-state index contributed by atoms with van der Waals surface area (Å²) in [6.07, 6.45) is 0. The minimum atomic E-state index is 0.287. The summed E-state index contributed by atoms with van der Waals surface area (Å²) in [6, 6.07) is 3.23. The quantitative estimate of drug-likeness (QED) is 0.516. The molecule has 0 radical (unpaired) electrons. The Hall–Kier alpha value is -1.45. The molecule has 6 N–H and O–H groups in total. The van der Waals surface area contributed by atoms with Gasteiger partial charge in [-0.3, -0.25) is 0 Å². The molecule has 1 heterocycles. The van der Waals surface area contributed by atoms with E-state index in [-0.39, 0.29) is 5.82 Å². The van der Waals surface area contributed by atoms with Crippen LogP contribution in [0.5, 0.6) is 0 Å². The summed E-state index contributed by atoms with van der Waals surface area (Å²) in [6.45, 7) is 4.00. The van der Waals surface area contributed by atoms with Crippen molar-refractivity contribution in [2.45, 2.75) is 13.8 Å². The SMILES string of the molecule is CC.Nc1ccc(N)c(N)n1. The van der Waals surface area contributed by atoms with Crippen molar-refractivity contribution in [1.82, 2.24) is 4.98 Å². The fraction of sp³-hybridized carbons (Fsp3) is 0.286. The average molecular weight is 154 g/mol. The molecule has 0 aromatic carbocycles. The van der Waals surface area contributed by atoms with Gasteiger partial charge in [-0.2, -0.15) is 0 Å². The van der Waals surface area contributed by atoms with Gasteiger partial charge >= 0.3 is 0 Å². The molecule has 0 aliphatic heterocycles. The Morgan fingerprint density at radius 2 is 1.64 bits per heavy atom. The van der Waals surface area contributed by atoms with E-state index in [4.69, 9.17) is 17.2 Å². The molecule has 0 aliphatic carbocycles. The fourth-order valence-corrected chi connectivity index (χ4v) is 0.501. The molecule has 62 valence electrons. The van der Waals surface area contributed by atoms with Crippen LogP contribution in [0.15, 0.2) is 12.1 Å². The van der Waals surface area contributed by atoms with Crippen LogP contribution in [0.25, 0.3) is 0 Å². The molecule has 0 aliphatic rings. The molecule has 0 atom stereocenters. The highest BCUT2D eigenvalue weighted by Gasteiger charge is 1.92. The van der Waals surface area contributed by atoms with E-state index in [0.29, 0.717) is 11.5 Å². The van der Waals surface area contributed by atoms with Gasteiger partial charge in [0.25, 0.3) is 0 Å². The smallest absolute Gasteiger partial charge is 0.149 e. The maximum absolute atomic E-state index is 5.35. The third-order valence-corrected chi connectivity index (χ3v) is 0.979. The molecule has 1 aromatic heterocycles. The van der Waals surface area contributed by atoms with Gasteiger partial charge in [0.2, 0.25) is 0 Å². The predicted molar refractivity (Wildman–Crippen MR) is 48.8 cm³/mol. The van der Waals surface area contributed by atoms with E-state index in [0.717, 1.165) is 0 Å². The molecule has 1 aromatic rings. The Balaban J connectivity index is 0.000000461. The topological polar surface area (TPSA) is 91.0 Å². The number of nitrogens with two attached hydrogens (primary N) is 3. The van der Waals surface area contributed by atoms with Gasteiger partial charge in [-0.25, -0.2) is 4.98 Å². The second-order valence-electron chi connectivity index (χ2n) is 1.71. The third kappa shape index (κ3) is 2.75. The minimum Gasteiger partial charge on any atom is -0.396 e. The molecule has 11 heavy (non-hydrogen) atoms. The minimum absolute atomic E-state index is 0.287. The Bertz CT molecular complexity index is 222. The summed E-state index contributed by atoms with van der Waals surface area (Å²) >= 11 is 0. The van der Waals surface area contributed by atoms with Crippen molar-refractivity contribution in [1.29, 1.82) is 0 Å². The molecule has 0 amide bonds. The standard InChI is InChI=1S/C5H8N4.C2H6/c6-3-1-2-4(7)9-5(3)8;1-2/h1-2H,6H2,(H4,7,8,9);1-2H3. The maximum atomic E-state index is 5.35. The summed E-state index contributed by atoms with van der Waals surface area (Å²) in [4.78, 5) is 3.70. The van der Waals surface area contributed by atoms with Gasteiger partial charge in [-0.1, -0.05) is 13.8 Å². The van der Waals surface area contributed by atoms with E-state index in [1.807, 2.05) is 13.8 Å². The van der Waals surface area contributed by atoms with Gasteiger partial charge < -0.3 is 17.2 Å². The van der Waals surface area contributed by atoms with Crippen LogP contribution in [0.3, 0.4) is 0 Å². The first-order valence-electron chi connectivity index (χ1n) is 3.47. The number of rotatable bonds is 0. The van der Waals surface area contributed by atoms with Gasteiger partial charge in [0, 0.05) is 0 Å². The zero-order valence-corrected chi connectivity index (χ0v) is 6.83. The molecule has 0 saturated carbocycles. The van der Waals surface area contributed by atoms with Crippen LogP contribution < -0.4 is 17.2 Å². The van der Waals surface area contributed by atoms with E-state index in [9.17, 15) is 0 Å². The first kappa shape index (κ1) is 9.55. The zero-order chi connectivity index (χ0) is 8.85. The van der Waals surface area contributed by atoms with Crippen LogP contribution in [0.2, 0.25) is 0 Å². The lowest BCUT2D eigenvalue weighted by atomic mass is 10.4. The lowest BCUT2D eigenvalue weighted by Crippen LogP contribution is -1.99. The Morgan fingerprint density at radius 3 is 2.00 bits per heavy atom. The van der Waals surface area contributed by atoms with Crippen molar-refractivity contribution in [3.05, 3.63) is 12.1 Å². The predicted octanol–water partition coefficient (Wildman–Crippen LogP) is 0.854. The van der Waals surface area contributed by atoms with Crippen LogP contribution >= 0.6 is 0 Å². The van der Waals surface area contributed by atoms with Gasteiger partial charge in [0.05, 0.1) is 5.69 Å². The second kappa shape index (κ2) is 4.38. The molecule has 0 unspecified atom stereocenters. The fourth-order valence-electron chi connectivity index (χ4n) is 0.501. The van der Waals surface area contributed by atoms with Crippen LogP contribution in [0.4, 0.5) is 17.3 Å². The van der Waals surface area contributed by atoms with E-state index in [2.05, 4.69) is 4.98 Å². The normalized spacial score (nSPS) is 8.18. The highest BCUT2D eigenvalue weighted by Crippen LogP contribution is 2.11. The number of pyridine rings is 1. The summed E-state index contributed by atoms with van der Waals surface area (Å²) < 4.78 is 0. The van der Waals surface area contributed by atoms with Crippen LogP contribution in [-0.4, -0.2) is 4.98 Å². The summed E-state index contributed by atoms with van der Waals surface area (Å²) in [5.74, 6) is 0.678. The number of nitrogens with zero attached hydrogens (tertiary/aromatic N) is 1. The maximum Gasteiger partial charge on any atom is 0.149 e. The molecule has 1 rings (SSSR count). The largest absolute Gasteiger partial charge is 0.396 e. The van der Waals surface area contributed by atoms with Crippen molar-refractivity contribution >= 4 is 17.3 Å². The van der Waals surface area contributed by atoms with E-state index in [1.165, 1.54) is 0 Å². The molecule has 0 saturated heterocycles. The van der Waals surface area contributed by atoms with Gasteiger partial charge in [0.1, 0.15) is 11.6 Å². The molecule has 4 nitrogen and oxygen atoms in total. The van der Waals surface area contributed by atoms with Gasteiger partial charge in [-0.05, 0) is 12.1 Å². The lowest BCUT2D eigenvalue weighted by Gasteiger charge is -1.97. The number of nitrogen functional groups attached to an aromatic ring is 3. The third-order valence-electron chi connectivity index (χ3n) is 0.979. The summed E-state index contributed by atoms with van der Waals surface area (Å²) in [5.41, 5.74) is 16.4. The van der Waals surface area contributed by atoms with Crippen molar-refractivity contribution in [2.75, 3.05) is 17.2 Å². The zero-order valence-electron chi connectivity index (χ0n) is 6.83. The number of hydrogen-bond donors (Lipinski definition) is 3. The first-order chi connectivity index (χ1) is 5.20. The van der Waals surface area contributed by atoms with Crippen molar-refractivity contribution in [3.8, 4) is 0 Å². The molecule has 0 fully saturated rings. The Kier molecular flexibility index (Phi) is 3.80. The van der Waals surface area contributed by atoms with Crippen LogP contribution in [0.1, 0.15) is 13.8 Å². The monoisotopic (exact) mass is 154 g/mol. The highest BCUT2D eigenvalue weighted by atomic mass is 14.9. The van der Waals surface area contributed by atoms with Gasteiger partial charge in [-0.15, -0.1) is 0 Å². The van der Waals surface area contributed by atoms with E-state index in [1.54, 1.807) is 12.1 Å². The van der Waals surface area contributed by atoms with Crippen molar-refractivity contribution in [3.63, 3.8) is 0 Å². The van der Waals surface area contributed by atoms with Crippen molar-refractivity contribution in [2.24, 2.45) is 0 Å². The Morgan fingerprint density at radius 1 is 1.09 bits per heavy atom. The van der Waals surface area contributed by atoms with Crippen LogP contribution in [-0.2, 0) is 0 Å². The first-order valence-corrected chi connectivity index (χ1v) is 3.47. The molecular formula is C7H14N4. The van der Waals surface area contributed by atoms with E-state index >= 15 is 0 Å². The highest BCUT2D eigenvalue weighted by molar-refractivity contribution is 5.60. The molecule has 0 bridgehead atoms. The summed E-state index contributed by atoms with van der Waals surface area (Å²) in [7, 11) is 0. The average Bonchev–Trinajstić information content (AvgIpc) is 2.02.